The number of anilines is 2. The zero-order valence-corrected chi connectivity index (χ0v) is 33.5. The van der Waals surface area contributed by atoms with Crippen molar-refractivity contribution in [2.75, 3.05) is 97.8 Å². The number of halogens is 3. The lowest BCUT2D eigenvalue weighted by Crippen LogP contribution is -2.34. The summed E-state index contributed by atoms with van der Waals surface area (Å²) >= 11 is 0. The van der Waals surface area contributed by atoms with Crippen LogP contribution >= 0.6 is 0 Å². The van der Waals surface area contributed by atoms with Gasteiger partial charge in [0.15, 0.2) is 0 Å². The summed E-state index contributed by atoms with van der Waals surface area (Å²) in [6, 6.07) is 41.9. The van der Waals surface area contributed by atoms with Gasteiger partial charge in [0.05, 0.1) is 103 Å². The van der Waals surface area contributed by atoms with Gasteiger partial charge in [-0.1, -0.05) is 109 Å². The number of carbonyl (C=O) groups excluding carboxylic acids is 1. The number of rotatable bonds is 28. The minimum atomic E-state index is -4.48. The monoisotopic (exact) mass is 831 g/mol. The fourth-order valence-electron chi connectivity index (χ4n) is 6.19. The van der Waals surface area contributed by atoms with E-state index in [4.69, 9.17) is 37.9 Å². The molecule has 0 saturated heterocycles. The molecule has 0 bridgehead atoms. The molecule has 320 valence electrons. The first kappa shape index (κ1) is 46.0. The number of hydrogen-bond donors (Lipinski definition) is 1. The lowest BCUT2D eigenvalue weighted by molar-refractivity contribution is -0.137. The minimum Gasteiger partial charge on any atom is -0.460 e. The zero-order valence-electron chi connectivity index (χ0n) is 33.5. The maximum absolute atomic E-state index is 13.1. The predicted molar refractivity (Wildman–Crippen MR) is 222 cm³/mol. The van der Waals surface area contributed by atoms with Crippen molar-refractivity contribution < 1.29 is 55.9 Å². The second-order valence-corrected chi connectivity index (χ2v) is 13.2. The van der Waals surface area contributed by atoms with Crippen molar-refractivity contribution in [2.24, 2.45) is 0 Å². The summed E-state index contributed by atoms with van der Waals surface area (Å²) in [6.07, 6.45) is -4.48. The Morgan fingerprint density at radius 3 is 1.27 bits per heavy atom. The van der Waals surface area contributed by atoms with Gasteiger partial charge in [-0.05, 0) is 47.0 Å². The van der Waals surface area contributed by atoms with Crippen LogP contribution in [-0.4, -0.2) is 98.5 Å². The summed E-state index contributed by atoms with van der Waals surface area (Å²) in [5.41, 5.74) is 2.26. The molecule has 60 heavy (non-hydrogen) atoms. The molecule has 0 fully saturated rings. The molecule has 0 spiro atoms. The first-order valence-electron chi connectivity index (χ1n) is 19.9. The topological polar surface area (TPSA) is 103 Å². The number of hydrogen-bond acceptors (Lipinski definition) is 10. The van der Waals surface area contributed by atoms with Crippen molar-refractivity contribution in [3.05, 3.63) is 167 Å². The molecule has 0 aliphatic carbocycles. The number of benzene rings is 5. The third kappa shape index (κ3) is 14.9. The van der Waals surface area contributed by atoms with Crippen LogP contribution in [0, 0.1) is 0 Å². The molecule has 5 aromatic rings. The second-order valence-electron chi connectivity index (χ2n) is 13.2. The lowest BCUT2D eigenvalue weighted by atomic mass is 9.80. The van der Waals surface area contributed by atoms with Crippen LogP contribution in [0.5, 0.6) is 0 Å². The van der Waals surface area contributed by atoms with E-state index in [-0.39, 0.29) is 24.5 Å². The van der Waals surface area contributed by atoms with Crippen molar-refractivity contribution >= 4 is 17.3 Å². The van der Waals surface area contributed by atoms with E-state index in [1.807, 2.05) is 54.6 Å². The van der Waals surface area contributed by atoms with E-state index in [1.54, 1.807) is 18.2 Å². The third-order valence-corrected chi connectivity index (χ3v) is 9.02. The van der Waals surface area contributed by atoms with Gasteiger partial charge in [0.25, 0.3) is 0 Å². The van der Waals surface area contributed by atoms with E-state index < -0.39 is 23.3 Å². The molecule has 13 heteroatoms. The van der Waals surface area contributed by atoms with Gasteiger partial charge in [0.1, 0.15) is 12.2 Å². The Labute approximate surface area is 349 Å². The first-order valence-corrected chi connectivity index (χ1v) is 19.9. The Hall–Kier alpha value is -5.12. The highest BCUT2D eigenvalue weighted by Gasteiger charge is 2.37. The van der Waals surface area contributed by atoms with Crippen molar-refractivity contribution in [3.63, 3.8) is 0 Å². The Morgan fingerprint density at radius 1 is 0.433 bits per heavy atom. The van der Waals surface area contributed by atoms with E-state index in [0.717, 1.165) is 28.8 Å². The summed E-state index contributed by atoms with van der Waals surface area (Å²) in [6.45, 7) is 4.95. The van der Waals surface area contributed by atoms with Crippen LogP contribution in [-0.2, 0) is 49.7 Å². The second kappa shape index (κ2) is 25.5. The standard InChI is InChI=1S/C47H52F3NO9/c48-47(49,50)41-19-12-20-42(37-41)51-44-22-11-10-21-43(44)45(52)59-35-33-57-31-29-55-27-25-53-23-24-54-26-28-56-30-32-58-34-36-60-46(38-13-4-1-5-14-38,39-15-6-2-7-16-39)40-17-8-3-9-18-40/h1-22,37,51H,23-36H2. The number of alkyl halides is 3. The van der Waals surface area contributed by atoms with Crippen molar-refractivity contribution in [2.45, 2.75) is 11.8 Å². The van der Waals surface area contributed by atoms with E-state index in [1.165, 1.54) is 18.2 Å². The molecular formula is C47H52F3NO9. The molecule has 0 heterocycles. The molecule has 0 atom stereocenters. The molecule has 0 aliphatic rings. The molecule has 0 unspecified atom stereocenters. The molecule has 0 amide bonds. The summed E-state index contributed by atoms with van der Waals surface area (Å²) in [5.74, 6) is -0.629. The number of carbonyl (C=O) groups is 1. The quantitative estimate of drug-likeness (QED) is 0.0299. The summed E-state index contributed by atoms with van der Waals surface area (Å²) in [5, 5.41) is 2.87. The summed E-state index contributed by atoms with van der Waals surface area (Å²) in [7, 11) is 0. The van der Waals surface area contributed by atoms with Crippen molar-refractivity contribution in [3.8, 4) is 0 Å². The highest BCUT2D eigenvalue weighted by Crippen LogP contribution is 2.40. The Balaban J connectivity index is 0.832. The average molecular weight is 832 g/mol. The van der Waals surface area contributed by atoms with Gasteiger partial charge in [-0.25, -0.2) is 4.79 Å². The van der Waals surface area contributed by atoms with Gasteiger partial charge in [0.2, 0.25) is 0 Å². The number of para-hydroxylation sites is 1. The van der Waals surface area contributed by atoms with Gasteiger partial charge in [0, 0.05) is 5.69 Å². The summed E-state index contributed by atoms with van der Waals surface area (Å²) in [4.78, 5) is 12.6. The fraction of sp³-hybridized carbons (Fsp3) is 0.340. The molecular weight excluding hydrogens is 780 g/mol. The van der Waals surface area contributed by atoms with Crippen LogP contribution in [0.3, 0.4) is 0 Å². The van der Waals surface area contributed by atoms with Crippen LogP contribution in [0.25, 0.3) is 0 Å². The number of esters is 1. The maximum atomic E-state index is 13.1. The molecule has 0 saturated carbocycles. The number of nitrogens with one attached hydrogen (secondary N) is 1. The molecule has 5 rings (SSSR count). The van der Waals surface area contributed by atoms with Crippen LogP contribution < -0.4 is 5.32 Å². The summed E-state index contributed by atoms with van der Waals surface area (Å²) < 4.78 is 84.8. The maximum Gasteiger partial charge on any atom is 0.416 e. The average Bonchev–Trinajstić information content (AvgIpc) is 3.27. The highest BCUT2D eigenvalue weighted by atomic mass is 19.4. The Bertz CT molecular complexity index is 1840. The molecule has 5 aromatic carbocycles. The third-order valence-electron chi connectivity index (χ3n) is 9.02. The smallest absolute Gasteiger partial charge is 0.416 e. The minimum absolute atomic E-state index is 0.00464. The highest BCUT2D eigenvalue weighted by molar-refractivity contribution is 5.96. The van der Waals surface area contributed by atoms with Gasteiger partial charge in [-0.3, -0.25) is 0 Å². The number of ether oxygens (including phenoxy) is 8. The Morgan fingerprint density at radius 2 is 0.817 bits per heavy atom. The molecule has 1 N–H and O–H groups in total. The molecule has 0 radical (unpaired) electrons. The van der Waals surface area contributed by atoms with Crippen LogP contribution in [0.4, 0.5) is 24.5 Å². The van der Waals surface area contributed by atoms with E-state index in [0.29, 0.717) is 85.0 Å². The molecule has 0 aliphatic heterocycles. The van der Waals surface area contributed by atoms with Crippen molar-refractivity contribution in [1.29, 1.82) is 0 Å². The van der Waals surface area contributed by atoms with E-state index in [9.17, 15) is 18.0 Å². The van der Waals surface area contributed by atoms with Gasteiger partial charge < -0.3 is 43.2 Å². The van der Waals surface area contributed by atoms with Crippen LogP contribution in [0.15, 0.2) is 140 Å². The SMILES string of the molecule is O=C(OCCOCCOCCOCCOCCOCCOCCOC(c1ccccc1)(c1ccccc1)c1ccccc1)c1ccccc1Nc1cccc(C(F)(F)F)c1. The molecule has 10 nitrogen and oxygen atoms in total. The van der Waals surface area contributed by atoms with E-state index in [2.05, 4.69) is 41.7 Å². The van der Waals surface area contributed by atoms with Crippen molar-refractivity contribution in [1.82, 2.24) is 0 Å². The largest absolute Gasteiger partial charge is 0.460 e. The lowest BCUT2D eigenvalue weighted by Gasteiger charge is -2.36. The van der Waals surface area contributed by atoms with Crippen LogP contribution in [0.1, 0.15) is 32.6 Å². The fourth-order valence-corrected chi connectivity index (χ4v) is 6.19. The van der Waals surface area contributed by atoms with Gasteiger partial charge >= 0.3 is 12.1 Å². The van der Waals surface area contributed by atoms with Gasteiger partial charge in [-0.15, -0.1) is 0 Å². The van der Waals surface area contributed by atoms with E-state index >= 15 is 0 Å². The predicted octanol–water partition coefficient (Wildman–Crippen LogP) is 8.71. The normalized spacial score (nSPS) is 11.7. The zero-order chi connectivity index (χ0) is 42.1. The first-order chi connectivity index (χ1) is 29.4. The Kier molecular flexibility index (Phi) is 19.5. The van der Waals surface area contributed by atoms with Gasteiger partial charge in [-0.2, -0.15) is 13.2 Å². The molecule has 0 aromatic heterocycles. The van der Waals surface area contributed by atoms with Crippen LogP contribution in [0.2, 0.25) is 0 Å².